The molecular formula is C24H35N9OS. The average Bonchev–Trinajstić information content (AvgIpc) is 3.60. The van der Waals surface area contributed by atoms with E-state index in [1.165, 1.54) is 22.6 Å². The van der Waals surface area contributed by atoms with Gasteiger partial charge in [0.05, 0.1) is 12.5 Å². The molecule has 2 N–H and O–H groups in total. The van der Waals surface area contributed by atoms with E-state index in [0.29, 0.717) is 29.9 Å². The minimum atomic E-state index is -0.0643. The molecular weight excluding hydrogens is 462 g/mol. The Morgan fingerprint density at radius 2 is 1.91 bits per heavy atom. The number of carbonyl (C=O) groups is 1. The van der Waals surface area contributed by atoms with Gasteiger partial charge >= 0.3 is 0 Å². The fourth-order valence-corrected chi connectivity index (χ4v) is 6.87. The summed E-state index contributed by atoms with van der Waals surface area (Å²) in [5.41, 5.74) is 0. The molecule has 3 aromatic rings. The van der Waals surface area contributed by atoms with E-state index in [2.05, 4.69) is 85.4 Å². The van der Waals surface area contributed by atoms with E-state index in [1.807, 2.05) is 0 Å². The van der Waals surface area contributed by atoms with Crippen LogP contribution in [0.15, 0.2) is 12.1 Å². The number of H-pyrrole nitrogens is 1. The predicted octanol–water partition coefficient (Wildman–Crippen LogP) is 3.25. The number of thiophene rings is 1. The number of carbonyl (C=O) groups excluding carboxylic acids is 1. The van der Waals surface area contributed by atoms with Gasteiger partial charge in [-0.1, -0.05) is 13.8 Å². The molecule has 5 rings (SSSR count). The normalized spacial score (nSPS) is 23.2. The SMILES string of the molecule is Cc1ccc([C@H](CCN2[C@@H]3CC[C@H]2C[C@H](n2c(C)nnc2C(C)C)C3)NC(=O)Cc2nnn[nH]2)s1. The number of nitrogens with zero attached hydrogens (tertiary/aromatic N) is 7. The van der Waals surface area contributed by atoms with E-state index < -0.39 is 0 Å². The van der Waals surface area contributed by atoms with Crippen molar-refractivity contribution in [2.45, 2.75) is 96.3 Å². The summed E-state index contributed by atoms with van der Waals surface area (Å²) in [7, 11) is 0. The van der Waals surface area contributed by atoms with Gasteiger partial charge in [0.1, 0.15) is 11.6 Å². The maximum absolute atomic E-state index is 12.7. The highest BCUT2D eigenvalue weighted by Gasteiger charge is 2.42. The molecule has 2 saturated heterocycles. The Labute approximate surface area is 209 Å². The van der Waals surface area contributed by atoms with Crippen molar-refractivity contribution >= 4 is 17.2 Å². The van der Waals surface area contributed by atoms with Gasteiger partial charge in [-0.25, -0.2) is 5.10 Å². The van der Waals surface area contributed by atoms with Gasteiger partial charge in [-0.2, -0.15) is 0 Å². The van der Waals surface area contributed by atoms with Crippen LogP contribution in [0.4, 0.5) is 0 Å². The number of nitrogens with one attached hydrogen (secondary N) is 2. The second kappa shape index (κ2) is 10.1. The number of piperidine rings is 1. The maximum atomic E-state index is 12.7. The summed E-state index contributed by atoms with van der Waals surface area (Å²) >= 11 is 1.76. The molecule has 0 aliphatic carbocycles. The summed E-state index contributed by atoms with van der Waals surface area (Å²) < 4.78 is 2.41. The molecule has 2 aliphatic heterocycles. The van der Waals surface area contributed by atoms with E-state index >= 15 is 0 Å². The van der Waals surface area contributed by atoms with Gasteiger partial charge in [0.2, 0.25) is 5.91 Å². The summed E-state index contributed by atoms with van der Waals surface area (Å²) in [6.07, 6.45) is 5.81. The van der Waals surface area contributed by atoms with Crippen LogP contribution in [0.5, 0.6) is 0 Å². The number of rotatable bonds is 9. The molecule has 2 bridgehead atoms. The number of aromatic amines is 1. The van der Waals surface area contributed by atoms with Crippen molar-refractivity contribution in [3.05, 3.63) is 39.4 Å². The molecule has 0 unspecified atom stereocenters. The van der Waals surface area contributed by atoms with Crippen molar-refractivity contribution in [3.63, 3.8) is 0 Å². The molecule has 4 atom stereocenters. The van der Waals surface area contributed by atoms with Gasteiger partial charge in [0.15, 0.2) is 5.82 Å². The summed E-state index contributed by atoms with van der Waals surface area (Å²) in [5.74, 6) is 2.93. The molecule has 0 spiro atoms. The summed E-state index contributed by atoms with van der Waals surface area (Å²) in [6, 6.07) is 5.88. The Balaban J connectivity index is 1.25. The second-order valence-corrected chi connectivity index (χ2v) is 11.6. The zero-order chi connectivity index (χ0) is 24.5. The van der Waals surface area contributed by atoms with Crippen molar-refractivity contribution < 1.29 is 4.79 Å². The third-order valence-electron chi connectivity index (χ3n) is 7.47. The van der Waals surface area contributed by atoms with Crippen molar-refractivity contribution in [2.75, 3.05) is 6.54 Å². The monoisotopic (exact) mass is 497 g/mol. The third kappa shape index (κ3) is 5.16. The van der Waals surface area contributed by atoms with E-state index in [-0.39, 0.29) is 18.4 Å². The largest absolute Gasteiger partial charge is 0.348 e. The maximum Gasteiger partial charge on any atom is 0.228 e. The van der Waals surface area contributed by atoms with Crippen molar-refractivity contribution in [1.82, 2.24) is 45.6 Å². The highest BCUT2D eigenvalue weighted by molar-refractivity contribution is 7.12. The van der Waals surface area contributed by atoms with Crippen LogP contribution < -0.4 is 5.32 Å². The fraction of sp³-hybridized carbons (Fsp3) is 0.667. The molecule has 2 aliphatic rings. The number of aromatic nitrogens is 7. The molecule has 5 heterocycles. The highest BCUT2D eigenvalue weighted by atomic mass is 32.1. The number of hydrogen-bond donors (Lipinski definition) is 2. The van der Waals surface area contributed by atoms with Gasteiger partial charge in [-0.05, 0) is 68.5 Å². The second-order valence-electron chi connectivity index (χ2n) is 10.3. The number of hydrogen-bond acceptors (Lipinski definition) is 8. The predicted molar refractivity (Wildman–Crippen MR) is 133 cm³/mol. The first-order chi connectivity index (χ1) is 16.9. The molecule has 10 nitrogen and oxygen atoms in total. The summed E-state index contributed by atoms with van der Waals surface area (Å²) in [4.78, 5) is 17.9. The lowest BCUT2D eigenvalue weighted by molar-refractivity contribution is -0.121. The zero-order valence-electron chi connectivity index (χ0n) is 20.9. The lowest BCUT2D eigenvalue weighted by atomic mass is 9.95. The highest BCUT2D eigenvalue weighted by Crippen LogP contribution is 2.42. The van der Waals surface area contributed by atoms with Gasteiger partial charge in [-0.3, -0.25) is 9.69 Å². The van der Waals surface area contributed by atoms with E-state index in [0.717, 1.165) is 37.5 Å². The minimum Gasteiger partial charge on any atom is -0.348 e. The molecule has 11 heteroatoms. The van der Waals surface area contributed by atoms with Crippen LogP contribution in [0.2, 0.25) is 0 Å². The number of tetrazole rings is 1. The van der Waals surface area contributed by atoms with E-state index in [4.69, 9.17) is 0 Å². The van der Waals surface area contributed by atoms with Gasteiger partial charge in [0, 0.05) is 40.3 Å². The lowest BCUT2D eigenvalue weighted by Crippen LogP contribution is -2.45. The van der Waals surface area contributed by atoms with Crippen molar-refractivity contribution in [2.24, 2.45) is 0 Å². The van der Waals surface area contributed by atoms with E-state index in [9.17, 15) is 4.79 Å². The third-order valence-corrected chi connectivity index (χ3v) is 8.58. The molecule has 0 saturated carbocycles. The molecule has 35 heavy (non-hydrogen) atoms. The smallest absolute Gasteiger partial charge is 0.228 e. The molecule has 3 aromatic heterocycles. The quantitative estimate of drug-likeness (QED) is 0.466. The van der Waals surface area contributed by atoms with Gasteiger partial charge in [-0.15, -0.1) is 26.6 Å². The number of amides is 1. The Hall–Kier alpha value is -2.66. The van der Waals surface area contributed by atoms with Crippen LogP contribution in [-0.2, 0) is 11.2 Å². The van der Waals surface area contributed by atoms with E-state index in [1.54, 1.807) is 11.3 Å². The molecule has 0 aromatic carbocycles. The minimum absolute atomic E-state index is 0.0122. The zero-order valence-corrected chi connectivity index (χ0v) is 21.8. The number of aryl methyl sites for hydroxylation is 2. The molecule has 188 valence electrons. The Morgan fingerprint density at radius 1 is 1.14 bits per heavy atom. The topological polar surface area (TPSA) is 118 Å². The summed E-state index contributed by atoms with van der Waals surface area (Å²) in [5, 5.41) is 25.8. The van der Waals surface area contributed by atoms with Crippen molar-refractivity contribution in [3.8, 4) is 0 Å². The van der Waals surface area contributed by atoms with Crippen LogP contribution in [-0.4, -0.2) is 64.8 Å². The van der Waals surface area contributed by atoms with Gasteiger partial charge in [0.25, 0.3) is 0 Å². The average molecular weight is 498 g/mol. The summed E-state index contributed by atoms with van der Waals surface area (Å²) in [6.45, 7) is 9.56. The molecule has 0 radical (unpaired) electrons. The number of fused-ring (bicyclic) bond motifs is 2. The molecule has 2 fully saturated rings. The van der Waals surface area contributed by atoms with Crippen LogP contribution in [0.3, 0.4) is 0 Å². The first-order valence-corrected chi connectivity index (χ1v) is 13.5. The molecule has 1 amide bonds. The van der Waals surface area contributed by atoms with Gasteiger partial charge < -0.3 is 9.88 Å². The lowest BCUT2D eigenvalue weighted by Gasteiger charge is -2.40. The Morgan fingerprint density at radius 3 is 2.54 bits per heavy atom. The Kier molecular flexibility index (Phi) is 6.97. The standard InChI is InChI=1S/C24H35N9OS/c1-14(2)24-29-26-16(4)33(24)19-11-17-6-7-18(12-19)32(17)10-9-20(21-8-5-15(3)35-21)25-23(34)13-22-27-30-31-28-22/h5,8,14,17-20H,6-7,9-13H2,1-4H3,(H,25,34)(H,27,28,30,31)/t17-,18+,19-,20-/m0/s1. The van der Waals surface area contributed by atoms with Crippen LogP contribution in [0.1, 0.15) is 91.2 Å². The first kappa shape index (κ1) is 24.1. The van der Waals surface area contributed by atoms with Crippen LogP contribution in [0.25, 0.3) is 0 Å². The fourth-order valence-electron chi connectivity index (χ4n) is 5.91. The van der Waals surface area contributed by atoms with Crippen LogP contribution in [0, 0.1) is 13.8 Å². The Bertz CT molecular complexity index is 1120. The first-order valence-electron chi connectivity index (χ1n) is 12.6. The van der Waals surface area contributed by atoms with Crippen molar-refractivity contribution in [1.29, 1.82) is 0 Å². The van der Waals surface area contributed by atoms with Crippen LogP contribution >= 0.6 is 11.3 Å².